The monoisotopic (exact) mass is 279 g/mol. The first-order chi connectivity index (χ1) is 9.12. The van der Waals surface area contributed by atoms with Gasteiger partial charge in [0.2, 0.25) is 0 Å². The van der Waals surface area contributed by atoms with Gasteiger partial charge < -0.3 is 9.73 Å². The molecule has 1 heterocycles. The molecule has 0 aliphatic heterocycles. The second kappa shape index (κ2) is 5.93. The van der Waals surface area contributed by atoms with Crippen LogP contribution in [0, 0.1) is 0 Å². The summed E-state index contributed by atoms with van der Waals surface area (Å²) in [6, 6.07) is 10.5. The molecular formula is C14H17NO3S. The summed E-state index contributed by atoms with van der Waals surface area (Å²) in [6.45, 7) is 2.44. The zero-order valence-electron chi connectivity index (χ0n) is 10.8. The fourth-order valence-corrected chi connectivity index (χ4v) is 3.09. The molecule has 4 nitrogen and oxygen atoms in total. The van der Waals surface area contributed by atoms with Crippen molar-refractivity contribution in [3.05, 3.63) is 48.4 Å². The Bertz CT molecular complexity index is 601. The average Bonchev–Trinajstić information content (AvgIpc) is 2.90. The van der Waals surface area contributed by atoms with Crippen molar-refractivity contribution in [3.63, 3.8) is 0 Å². The molecular weight excluding hydrogens is 262 g/mol. The normalized spacial score (nSPS) is 11.4. The molecule has 1 aromatic carbocycles. The predicted octanol–water partition coefficient (Wildman–Crippen LogP) is 3.08. The number of hydrogen-bond acceptors (Lipinski definition) is 4. The van der Waals surface area contributed by atoms with Crippen molar-refractivity contribution in [2.75, 3.05) is 11.1 Å². The van der Waals surface area contributed by atoms with Gasteiger partial charge in [0.1, 0.15) is 5.76 Å². The molecule has 5 heteroatoms. The SMILES string of the molecule is CCCS(=O)(=O)c1ccc(NCc2ccco2)cc1. The topological polar surface area (TPSA) is 59.3 Å². The van der Waals surface area contributed by atoms with E-state index in [1.54, 1.807) is 30.5 Å². The summed E-state index contributed by atoms with van der Waals surface area (Å²) in [5, 5.41) is 3.17. The zero-order chi connectivity index (χ0) is 13.7. The lowest BCUT2D eigenvalue weighted by Crippen LogP contribution is -2.06. The Kier molecular flexibility index (Phi) is 4.27. The molecule has 0 fully saturated rings. The third kappa shape index (κ3) is 3.61. The van der Waals surface area contributed by atoms with Crippen molar-refractivity contribution in [2.45, 2.75) is 24.8 Å². The molecule has 102 valence electrons. The lowest BCUT2D eigenvalue weighted by Gasteiger charge is -2.06. The van der Waals surface area contributed by atoms with Gasteiger partial charge in [-0.15, -0.1) is 0 Å². The number of sulfone groups is 1. The van der Waals surface area contributed by atoms with E-state index >= 15 is 0 Å². The van der Waals surface area contributed by atoms with E-state index in [2.05, 4.69) is 5.32 Å². The standard InChI is InChI=1S/C14H17NO3S/c1-2-10-19(16,17)14-7-5-12(6-8-14)15-11-13-4-3-9-18-13/h3-9,15H,2,10-11H2,1H3. The van der Waals surface area contributed by atoms with Gasteiger partial charge in [-0.3, -0.25) is 0 Å². The van der Waals surface area contributed by atoms with E-state index in [1.165, 1.54) is 0 Å². The third-order valence-electron chi connectivity index (χ3n) is 2.73. The highest BCUT2D eigenvalue weighted by atomic mass is 32.2. The fraction of sp³-hybridized carbons (Fsp3) is 0.286. The number of anilines is 1. The molecule has 19 heavy (non-hydrogen) atoms. The van der Waals surface area contributed by atoms with Crippen molar-refractivity contribution >= 4 is 15.5 Å². The van der Waals surface area contributed by atoms with Gasteiger partial charge in [-0.25, -0.2) is 8.42 Å². The van der Waals surface area contributed by atoms with Gasteiger partial charge in [-0.1, -0.05) is 6.92 Å². The first-order valence-electron chi connectivity index (χ1n) is 6.21. The highest BCUT2D eigenvalue weighted by Gasteiger charge is 2.12. The Morgan fingerprint density at radius 1 is 1.16 bits per heavy atom. The predicted molar refractivity (Wildman–Crippen MR) is 74.8 cm³/mol. The van der Waals surface area contributed by atoms with Gasteiger partial charge in [-0.05, 0) is 42.8 Å². The number of furan rings is 1. The van der Waals surface area contributed by atoms with Crippen LogP contribution in [0.5, 0.6) is 0 Å². The maximum absolute atomic E-state index is 11.9. The van der Waals surface area contributed by atoms with Crippen molar-refractivity contribution in [1.29, 1.82) is 0 Å². The highest BCUT2D eigenvalue weighted by molar-refractivity contribution is 7.91. The van der Waals surface area contributed by atoms with Crippen LogP contribution in [0.1, 0.15) is 19.1 Å². The Hall–Kier alpha value is -1.75. The van der Waals surface area contributed by atoms with Crippen molar-refractivity contribution in [3.8, 4) is 0 Å². The van der Waals surface area contributed by atoms with E-state index < -0.39 is 9.84 Å². The van der Waals surface area contributed by atoms with Crippen molar-refractivity contribution < 1.29 is 12.8 Å². The molecule has 2 rings (SSSR count). The largest absolute Gasteiger partial charge is 0.467 e. The minimum atomic E-state index is -3.13. The quantitative estimate of drug-likeness (QED) is 0.882. The summed E-state index contributed by atoms with van der Waals surface area (Å²) >= 11 is 0. The van der Waals surface area contributed by atoms with Crippen LogP contribution in [0.2, 0.25) is 0 Å². The van der Waals surface area contributed by atoms with Crippen LogP contribution in [-0.2, 0) is 16.4 Å². The Balaban J connectivity index is 2.02. The molecule has 1 aromatic heterocycles. The van der Waals surface area contributed by atoms with E-state index in [0.29, 0.717) is 17.9 Å². The van der Waals surface area contributed by atoms with Gasteiger partial charge in [0, 0.05) is 5.69 Å². The molecule has 0 radical (unpaired) electrons. The summed E-state index contributed by atoms with van der Waals surface area (Å²) in [7, 11) is -3.13. The van der Waals surface area contributed by atoms with Crippen LogP contribution < -0.4 is 5.32 Å². The Labute approximate surface area is 113 Å². The summed E-state index contributed by atoms with van der Waals surface area (Å²) in [5.41, 5.74) is 0.867. The molecule has 1 N–H and O–H groups in total. The molecule has 0 amide bonds. The maximum atomic E-state index is 11.9. The van der Waals surface area contributed by atoms with Gasteiger partial charge in [0.05, 0.1) is 23.5 Å². The van der Waals surface area contributed by atoms with Crippen LogP contribution in [0.3, 0.4) is 0 Å². The Morgan fingerprint density at radius 2 is 1.89 bits per heavy atom. The van der Waals surface area contributed by atoms with E-state index in [-0.39, 0.29) is 5.75 Å². The number of hydrogen-bond donors (Lipinski definition) is 1. The molecule has 0 aliphatic carbocycles. The van der Waals surface area contributed by atoms with E-state index in [1.807, 2.05) is 19.1 Å². The van der Waals surface area contributed by atoms with Crippen LogP contribution in [0.25, 0.3) is 0 Å². The van der Waals surface area contributed by atoms with Crippen LogP contribution >= 0.6 is 0 Å². The molecule has 0 aliphatic rings. The first kappa shape index (κ1) is 13.7. The maximum Gasteiger partial charge on any atom is 0.178 e. The second-order valence-electron chi connectivity index (χ2n) is 4.28. The smallest absolute Gasteiger partial charge is 0.178 e. The van der Waals surface area contributed by atoms with Crippen LogP contribution in [0.15, 0.2) is 52.0 Å². The number of nitrogens with one attached hydrogen (secondary N) is 1. The highest BCUT2D eigenvalue weighted by Crippen LogP contribution is 2.16. The van der Waals surface area contributed by atoms with Gasteiger partial charge in [-0.2, -0.15) is 0 Å². The molecule has 0 unspecified atom stereocenters. The summed E-state index contributed by atoms with van der Waals surface area (Å²) < 4.78 is 28.9. The summed E-state index contributed by atoms with van der Waals surface area (Å²) in [5.74, 6) is 1.02. The molecule has 0 saturated carbocycles. The zero-order valence-corrected chi connectivity index (χ0v) is 11.6. The number of benzene rings is 1. The lowest BCUT2D eigenvalue weighted by molar-refractivity contribution is 0.518. The fourth-order valence-electron chi connectivity index (χ4n) is 1.77. The minimum absolute atomic E-state index is 0.187. The third-order valence-corrected chi connectivity index (χ3v) is 4.67. The van der Waals surface area contributed by atoms with Gasteiger partial charge in [0.25, 0.3) is 0 Å². The first-order valence-corrected chi connectivity index (χ1v) is 7.86. The van der Waals surface area contributed by atoms with Crippen molar-refractivity contribution in [2.24, 2.45) is 0 Å². The second-order valence-corrected chi connectivity index (χ2v) is 6.39. The van der Waals surface area contributed by atoms with Crippen LogP contribution in [0.4, 0.5) is 5.69 Å². The summed E-state index contributed by atoms with van der Waals surface area (Å²) in [4.78, 5) is 0.373. The van der Waals surface area contributed by atoms with Gasteiger partial charge >= 0.3 is 0 Å². The Morgan fingerprint density at radius 3 is 2.47 bits per heavy atom. The van der Waals surface area contributed by atoms with E-state index in [4.69, 9.17) is 4.42 Å². The van der Waals surface area contributed by atoms with E-state index in [9.17, 15) is 8.42 Å². The van der Waals surface area contributed by atoms with Crippen molar-refractivity contribution in [1.82, 2.24) is 0 Å². The molecule has 0 saturated heterocycles. The van der Waals surface area contributed by atoms with Crippen LogP contribution in [-0.4, -0.2) is 14.2 Å². The minimum Gasteiger partial charge on any atom is -0.467 e. The van der Waals surface area contributed by atoms with E-state index in [0.717, 1.165) is 11.4 Å². The lowest BCUT2D eigenvalue weighted by atomic mass is 10.3. The summed E-state index contributed by atoms with van der Waals surface area (Å²) in [6.07, 6.45) is 2.25. The average molecular weight is 279 g/mol. The molecule has 0 atom stereocenters. The molecule has 2 aromatic rings. The number of rotatable bonds is 6. The van der Waals surface area contributed by atoms with Gasteiger partial charge in [0.15, 0.2) is 9.84 Å². The molecule has 0 bridgehead atoms. The molecule has 0 spiro atoms.